The monoisotopic (exact) mass is 322 g/mol. The molecule has 1 aromatic carbocycles. The molecule has 9 heteroatoms. The van der Waals surface area contributed by atoms with Gasteiger partial charge in [0.15, 0.2) is 6.04 Å². The number of thioether (sulfide) groups is 1. The third-order valence-electron chi connectivity index (χ3n) is 2.31. The summed E-state index contributed by atoms with van der Waals surface area (Å²) in [7, 11) is 0. The fourth-order valence-corrected chi connectivity index (χ4v) is 1.88. The summed E-state index contributed by atoms with van der Waals surface area (Å²) < 4.78 is 35.6. The number of carbonyl (C=O) groups excluding carboxylic acids is 1. The van der Waals surface area contributed by atoms with Crippen LogP contribution in [0.4, 0.5) is 18.0 Å². The first-order valence-corrected chi connectivity index (χ1v) is 6.81. The third kappa shape index (κ3) is 6.89. The average molecular weight is 322 g/mol. The van der Waals surface area contributed by atoms with Crippen LogP contribution in [0.2, 0.25) is 0 Å². The number of hydrogen-bond donors (Lipinski definition) is 3. The number of carboxylic acid groups (broad SMARTS) is 1. The highest BCUT2D eigenvalue weighted by Crippen LogP contribution is 2.29. The van der Waals surface area contributed by atoms with Gasteiger partial charge in [-0.05, 0) is 17.3 Å². The van der Waals surface area contributed by atoms with Gasteiger partial charge < -0.3 is 15.7 Å². The number of carbonyl (C=O) groups is 2. The van der Waals surface area contributed by atoms with E-state index in [1.807, 2.05) is 0 Å². The van der Waals surface area contributed by atoms with Crippen molar-refractivity contribution in [2.45, 2.75) is 11.6 Å². The van der Waals surface area contributed by atoms with Crippen LogP contribution in [0.5, 0.6) is 0 Å². The molecule has 0 aromatic heterocycles. The van der Waals surface area contributed by atoms with E-state index >= 15 is 0 Å². The second kappa shape index (κ2) is 7.77. The number of benzene rings is 1. The molecule has 1 atom stereocenters. The molecule has 0 aliphatic heterocycles. The standard InChI is InChI=1S/C12H13F3N2O3S/c13-12(14,15)21-7-6-16-11(20)17-9(10(18)19)8-4-2-1-3-5-8/h1-5,9H,6-7H2,(H,18,19)(H2,16,17,20). The Morgan fingerprint density at radius 3 is 2.38 bits per heavy atom. The Kier molecular flexibility index (Phi) is 6.35. The maximum absolute atomic E-state index is 11.9. The largest absolute Gasteiger partial charge is 0.479 e. The summed E-state index contributed by atoms with van der Waals surface area (Å²) in [5.74, 6) is -1.61. The van der Waals surface area contributed by atoms with E-state index in [4.69, 9.17) is 5.11 Å². The van der Waals surface area contributed by atoms with Gasteiger partial charge in [-0.2, -0.15) is 13.2 Å². The maximum atomic E-state index is 11.9. The lowest BCUT2D eigenvalue weighted by molar-refractivity contribution is -0.139. The van der Waals surface area contributed by atoms with Crippen LogP contribution in [-0.4, -0.2) is 34.9 Å². The molecule has 0 aliphatic rings. The number of amides is 2. The summed E-state index contributed by atoms with van der Waals surface area (Å²) in [6.07, 6.45) is 0. The van der Waals surface area contributed by atoms with Crippen LogP contribution in [0.25, 0.3) is 0 Å². The Morgan fingerprint density at radius 1 is 1.24 bits per heavy atom. The van der Waals surface area contributed by atoms with Crippen LogP contribution >= 0.6 is 11.8 Å². The first kappa shape index (κ1) is 17.2. The molecular weight excluding hydrogens is 309 g/mol. The Morgan fingerprint density at radius 2 is 1.86 bits per heavy atom. The van der Waals surface area contributed by atoms with Crippen molar-refractivity contribution >= 4 is 23.8 Å². The predicted molar refractivity (Wildman–Crippen MR) is 71.9 cm³/mol. The highest BCUT2D eigenvalue weighted by Gasteiger charge is 2.27. The molecule has 0 heterocycles. The number of rotatable bonds is 6. The summed E-state index contributed by atoms with van der Waals surface area (Å²) in [4.78, 5) is 22.6. The van der Waals surface area contributed by atoms with Crippen molar-refractivity contribution in [1.29, 1.82) is 0 Å². The van der Waals surface area contributed by atoms with Gasteiger partial charge in [0, 0.05) is 12.3 Å². The summed E-state index contributed by atoms with van der Waals surface area (Å²) in [5, 5.41) is 13.4. The van der Waals surface area contributed by atoms with Gasteiger partial charge >= 0.3 is 17.5 Å². The molecule has 0 saturated carbocycles. The van der Waals surface area contributed by atoms with Gasteiger partial charge in [0.25, 0.3) is 0 Å². The smallest absolute Gasteiger partial charge is 0.441 e. The van der Waals surface area contributed by atoms with Crippen LogP contribution in [-0.2, 0) is 4.79 Å². The lowest BCUT2D eigenvalue weighted by atomic mass is 10.1. The molecule has 1 aromatic rings. The minimum absolute atomic E-state index is 0.225. The van der Waals surface area contributed by atoms with Gasteiger partial charge in [0.1, 0.15) is 0 Å². The molecule has 2 amide bonds. The van der Waals surface area contributed by atoms with E-state index in [2.05, 4.69) is 10.6 Å². The summed E-state index contributed by atoms with van der Waals surface area (Å²) in [5.41, 5.74) is -3.99. The van der Waals surface area contributed by atoms with Gasteiger partial charge in [0.05, 0.1) is 0 Å². The van der Waals surface area contributed by atoms with Crippen molar-refractivity contribution in [3.63, 3.8) is 0 Å². The van der Waals surface area contributed by atoms with Crippen LogP contribution in [0, 0.1) is 0 Å². The Hall–Kier alpha value is -1.90. The SMILES string of the molecule is O=C(NCCSC(F)(F)F)NC(C(=O)O)c1ccccc1. The van der Waals surface area contributed by atoms with Crippen molar-refractivity contribution in [2.24, 2.45) is 0 Å². The van der Waals surface area contributed by atoms with Crippen molar-refractivity contribution < 1.29 is 27.9 Å². The molecule has 116 valence electrons. The van der Waals surface area contributed by atoms with Gasteiger partial charge in [-0.25, -0.2) is 9.59 Å². The van der Waals surface area contributed by atoms with Crippen molar-refractivity contribution in [3.05, 3.63) is 35.9 Å². The van der Waals surface area contributed by atoms with Crippen LogP contribution in [0.15, 0.2) is 30.3 Å². The molecule has 21 heavy (non-hydrogen) atoms. The van der Waals surface area contributed by atoms with E-state index < -0.39 is 23.6 Å². The number of nitrogens with one attached hydrogen (secondary N) is 2. The zero-order valence-corrected chi connectivity index (χ0v) is 11.5. The Bertz CT molecular complexity index is 482. The summed E-state index contributed by atoms with van der Waals surface area (Å²) in [6, 6.07) is 5.87. The molecule has 0 saturated heterocycles. The average Bonchev–Trinajstić information content (AvgIpc) is 2.40. The van der Waals surface area contributed by atoms with E-state index in [0.717, 1.165) is 0 Å². The first-order valence-electron chi connectivity index (χ1n) is 5.82. The topological polar surface area (TPSA) is 78.4 Å². The summed E-state index contributed by atoms with van der Waals surface area (Å²) in [6.45, 7) is -0.225. The van der Waals surface area contributed by atoms with Crippen LogP contribution in [0.1, 0.15) is 11.6 Å². The third-order valence-corrected chi connectivity index (χ3v) is 3.04. The lowest BCUT2D eigenvalue weighted by Crippen LogP contribution is -2.41. The minimum atomic E-state index is -4.36. The molecule has 0 bridgehead atoms. The fourth-order valence-electron chi connectivity index (χ4n) is 1.45. The van der Waals surface area contributed by atoms with Gasteiger partial charge in [-0.1, -0.05) is 30.3 Å². The van der Waals surface area contributed by atoms with E-state index in [9.17, 15) is 22.8 Å². The highest BCUT2D eigenvalue weighted by atomic mass is 32.2. The van der Waals surface area contributed by atoms with Crippen molar-refractivity contribution in [3.8, 4) is 0 Å². The van der Waals surface area contributed by atoms with Crippen molar-refractivity contribution in [2.75, 3.05) is 12.3 Å². The molecular formula is C12H13F3N2O3S. The zero-order chi connectivity index (χ0) is 15.9. The quantitative estimate of drug-likeness (QED) is 0.703. The van der Waals surface area contributed by atoms with Gasteiger partial charge in [0.2, 0.25) is 0 Å². The molecule has 0 fully saturated rings. The molecule has 1 rings (SSSR count). The Balaban J connectivity index is 2.46. The van der Waals surface area contributed by atoms with Gasteiger partial charge in [-0.15, -0.1) is 0 Å². The number of hydrogen-bond acceptors (Lipinski definition) is 3. The van der Waals surface area contributed by atoms with Crippen LogP contribution < -0.4 is 10.6 Å². The normalized spacial score (nSPS) is 12.5. The molecule has 0 spiro atoms. The number of carboxylic acids is 1. The van der Waals surface area contributed by atoms with E-state index in [1.165, 1.54) is 12.1 Å². The number of halogens is 3. The number of aliphatic carboxylic acids is 1. The molecule has 0 aliphatic carbocycles. The molecule has 3 N–H and O–H groups in total. The predicted octanol–water partition coefficient (Wildman–Crippen LogP) is 2.36. The first-order chi connectivity index (χ1) is 9.79. The molecule has 1 unspecified atom stereocenters. The molecule has 5 nitrogen and oxygen atoms in total. The molecule has 0 radical (unpaired) electrons. The minimum Gasteiger partial charge on any atom is -0.479 e. The second-order valence-electron chi connectivity index (χ2n) is 3.88. The maximum Gasteiger partial charge on any atom is 0.441 e. The number of urea groups is 1. The lowest BCUT2D eigenvalue weighted by Gasteiger charge is -2.15. The zero-order valence-electron chi connectivity index (χ0n) is 10.7. The highest BCUT2D eigenvalue weighted by molar-refractivity contribution is 8.00. The fraction of sp³-hybridized carbons (Fsp3) is 0.333. The van der Waals surface area contributed by atoms with Gasteiger partial charge in [-0.3, -0.25) is 0 Å². The van der Waals surface area contributed by atoms with E-state index in [0.29, 0.717) is 5.56 Å². The summed E-state index contributed by atoms with van der Waals surface area (Å²) >= 11 is -0.262. The number of alkyl halides is 3. The Labute approximate surface area is 122 Å². The van der Waals surface area contributed by atoms with E-state index in [-0.39, 0.29) is 24.1 Å². The van der Waals surface area contributed by atoms with Crippen molar-refractivity contribution in [1.82, 2.24) is 10.6 Å². The second-order valence-corrected chi connectivity index (χ2v) is 5.04. The van der Waals surface area contributed by atoms with E-state index in [1.54, 1.807) is 18.2 Å². The van der Waals surface area contributed by atoms with Crippen LogP contribution in [0.3, 0.4) is 0 Å².